The number of aliphatic hydroxyl groups is 1. The second-order valence-corrected chi connectivity index (χ2v) is 3.53. The first-order chi connectivity index (χ1) is 7.33. The van der Waals surface area contributed by atoms with E-state index in [-0.39, 0.29) is 0 Å². The van der Waals surface area contributed by atoms with Crippen LogP contribution in [0.3, 0.4) is 0 Å². The molecule has 0 aliphatic rings. The summed E-state index contributed by atoms with van der Waals surface area (Å²) in [6.07, 6.45) is 4.27. The Morgan fingerprint density at radius 3 is 2.67 bits per heavy atom. The number of unbranched alkanes of at least 4 members (excludes halogenated alkanes) is 3. The lowest BCUT2D eigenvalue weighted by Crippen LogP contribution is -2.14. The van der Waals surface area contributed by atoms with Gasteiger partial charge in [0.25, 0.3) is 0 Å². The van der Waals surface area contributed by atoms with Gasteiger partial charge in [0.1, 0.15) is 0 Å². The van der Waals surface area contributed by atoms with E-state index in [1.165, 1.54) is 0 Å². The van der Waals surface area contributed by atoms with Crippen molar-refractivity contribution >= 4 is 0 Å². The van der Waals surface area contributed by atoms with Crippen LogP contribution in [0.2, 0.25) is 0 Å². The van der Waals surface area contributed by atoms with Crippen molar-refractivity contribution in [1.82, 2.24) is 15.5 Å². The van der Waals surface area contributed by atoms with Crippen LogP contribution in [0.4, 0.5) is 0 Å². The van der Waals surface area contributed by atoms with Crippen molar-refractivity contribution in [2.45, 2.75) is 39.2 Å². The fourth-order valence-corrected chi connectivity index (χ4v) is 1.32. The van der Waals surface area contributed by atoms with E-state index < -0.39 is 0 Å². The maximum Gasteiger partial charge on any atom is 0.230 e. The molecule has 0 aromatic carbocycles. The Balaban J connectivity index is 1.93. The first-order valence-electron chi connectivity index (χ1n) is 5.43. The van der Waals surface area contributed by atoms with Crippen molar-refractivity contribution in [1.29, 1.82) is 0 Å². The zero-order valence-corrected chi connectivity index (χ0v) is 9.20. The predicted molar refractivity (Wildman–Crippen MR) is 56.3 cm³/mol. The highest BCUT2D eigenvalue weighted by molar-refractivity contribution is 4.77. The van der Waals surface area contributed by atoms with Crippen molar-refractivity contribution in [3.63, 3.8) is 0 Å². The third-order valence-electron chi connectivity index (χ3n) is 2.11. The Kier molecular flexibility index (Phi) is 5.96. The second kappa shape index (κ2) is 7.36. The van der Waals surface area contributed by atoms with Gasteiger partial charge in [0.05, 0.1) is 6.54 Å². The van der Waals surface area contributed by atoms with Crippen molar-refractivity contribution in [3.05, 3.63) is 11.8 Å². The van der Waals surface area contributed by atoms with Gasteiger partial charge in [-0.25, -0.2) is 0 Å². The molecule has 1 heterocycles. The van der Waals surface area contributed by atoms with Crippen LogP contribution in [0.25, 0.3) is 0 Å². The Morgan fingerprint density at radius 1 is 1.20 bits per heavy atom. The van der Waals surface area contributed by atoms with E-state index in [1.807, 2.05) is 0 Å². The summed E-state index contributed by atoms with van der Waals surface area (Å²) in [4.78, 5) is 0. The molecule has 1 aromatic rings. The fraction of sp³-hybridized carbons (Fsp3) is 0.800. The molecule has 1 rings (SSSR count). The molecular weight excluding hydrogens is 194 g/mol. The summed E-state index contributed by atoms with van der Waals surface area (Å²) in [5, 5.41) is 19.4. The monoisotopic (exact) mass is 213 g/mol. The number of hydrogen-bond donors (Lipinski definition) is 2. The molecule has 0 bridgehead atoms. The van der Waals surface area contributed by atoms with Crippen LogP contribution in [-0.4, -0.2) is 28.5 Å². The van der Waals surface area contributed by atoms with E-state index in [9.17, 15) is 0 Å². The molecule has 0 radical (unpaired) electrons. The van der Waals surface area contributed by atoms with Crippen molar-refractivity contribution in [2.75, 3.05) is 13.2 Å². The van der Waals surface area contributed by atoms with Crippen LogP contribution in [-0.2, 0) is 6.54 Å². The SMILES string of the molecule is Cc1nnc(CNCCCCCCO)o1. The lowest BCUT2D eigenvalue weighted by atomic mass is 10.2. The van der Waals surface area contributed by atoms with Crippen LogP contribution in [0, 0.1) is 6.92 Å². The van der Waals surface area contributed by atoms with Gasteiger partial charge in [-0.3, -0.25) is 0 Å². The van der Waals surface area contributed by atoms with Crippen LogP contribution in [0.15, 0.2) is 4.42 Å². The number of aryl methyl sites for hydroxylation is 1. The Bertz CT molecular complexity index is 263. The minimum Gasteiger partial charge on any atom is -0.424 e. The Hall–Kier alpha value is -0.940. The average Bonchev–Trinajstić information content (AvgIpc) is 2.63. The van der Waals surface area contributed by atoms with E-state index in [0.29, 0.717) is 24.9 Å². The van der Waals surface area contributed by atoms with Gasteiger partial charge >= 0.3 is 0 Å². The standard InChI is InChI=1S/C10H19N3O2/c1-9-12-13-10(15-9)8-11-6-4-2-3-5-7-14/h11,14H,2-8H2,1H3. The first kappa shape index (κ1) is 12.1. The fourth-order valence-electron chi connectivity index (χ4n) is 1.32. The molecule has 1 aromatic heterocycles. The largest absolute Gasteiger partial charge is 0.424 e. The highest BCUT2D eigenvalue weighted by Gasteiger charge is 2.00. The quantitative estimate of drug-likeness (QED) is 0.631. The van der Waals surface area contributed by atoms with Gasteiger partial charge in [-0.05, 0) is 19.4 Å². The highest BCUT2D eigenvalue weighted by atomic mass is 16.4. The predicted octanol–water partition coefficient (Wildman–Crippen LogP) is 1.02. The van der Waals surface area contributed by atoms with Gasteiger partial charge in [0, 0.05) is 13.5 Å². The van der Waals surface area contributed by atoms with Crippen molar-refractivity contribution in [3.8, 4) is 0 Å². The van der Waals surface area contributed by atoms with Crippen molar-refractivity contribution in [2.24, 2.45) is 0 Å². The number of rotatable bonds is 8. The number of aliphatic hydroxyl groups excluding tert-OH is 1. The maximum absolute atomic E-state index is 8.58. The summed E-state index contributed by atoms with van der Waals surface area (Å²) < 4.78 is 5.21. The molecule has 2 N–H and O–H groups in total. The van der Waals surface area contributed by atoms with Gasteiger partial charge in [-0.15, -0.1) is 10.2 Å². The molecule has 0 amide bonds. The molecule has 0 saturated carbocycles. The summed E-state index contributed by atoms with van der Waals surface area (Å²) in [6.45, 7) is 3.67. The van der Waals surface area contributed by atoms with Crippen LogP contribution in [0.5, 0.6) is 0 Å². The minimum absolute atomic E-state index is 0.300. The number of aromatic nitrogens is 2. The van der Waals surface area contributed by atoms with Crippen LogP contribution >= 0.6 is 0 Å². The lowest BCUT2D eigenvalue weighted by Gasteiger charge is -2.01. The molecule has 0 fully saturated rings. The van der Waals surface area contributed by atoms with Gasteiger partial charge < -0.3 is 14.8 Å². The van der Waals surface area contributed by atoms with Crippen molar-refractivity contribution < 1.29 is 9.52 Å². The van der Waals surface area contributed by atoms with Crippen LogP contribution < -0.4 is 5.32 Å². The highest BCUT2D eigenvalue weighted by Crippen LogP contribution is 1.99. The van der Waals surface area contributed by atoms with Gasteiger partial charge in [0.2, 0.25) is 11.8 Å². The lowest BCUT2D eigenvalue weighted by molar-refractivity contribution is 0.282. The summed E-state index contributed by atoms with van der Waals surface area (Å²) in [5.41, 5.74) is 0. The van der Waals surface area contributed by atoms with Gasteiger partial charge in [0.15, 0.2) is 0 Å². The van der Waals surface area contributed by atoms with Gasteiger partial charge in [-0.1, -0.05) is 12.8 Å². The summed E-state index contributed by atoms with van der Waals surface area (Å²) >= 11 is 0. The molecule has 0 aliphatic carbocycles. The van der Waals surface area contributed by atoms with E-state index in [4.69, 9.17) is 9.52 Å². The molecule has 0 atom stereocenters. The molecule has 0 unspecified atom stereocenters. The average molecular weight is 213 g/mol. The number of nitrogens with zero attached hydrogens (tertiary/aromatic N) is 2. The van der Waals surface area contributed by atoms with Crippen LogP contribution in [0.1, 0.15) is 37.5 Å². The van der Waals surface area contributed by atoms with E-state index in [0.717, 1.165) is 32.2 Å². The zero-order valence-electron chi connectivity index (χ0n) is 9.20. The van der Waals surface area contributed by atoms with E-state index >= 15 is 0 Å². The van der Waals surface area contributed by atoms with E-state index in [2.05, 4.69) is 15.5 Å². The molecule has 5 nitrogen and oxygen atoms in total. The molecule has 0 saturated heterocycles. The molecular formula is C10H19N3O2. The maximum atomic E-state index is 8.58. The summed E-state index contributed by atoms with van der Waals surface area (Å²) in [7, 11) is 0. The summed E-state index contributed by atoms with van der Waals surface area (Å²) in [5.74, 6) is 1.25. The summed E-state index contributed by atoms with van der Waals surface area (Å²) in [6, 6.07) is 0. The number of hydrogen-bond acceptors (Lipinski definition) is 5. The normalized spacial score (nSPS) is 10.8. The Labute approximate surface area is 89.9 Å². The van der Waals surface area contributed by atoms with Gasteiger partial charge in [-0.2, -0.15) is 0 Å². The molecule has 0 spiro atoms. The number of nitrogens with one attached hydrogen (secondary N) is 1. The molecule has 0 aliphatic heterocycles. The molecule has 15 heavy (non-hydrogen) atoms. The third kappa shape index (κ3) is 5.49. The molecule has 5 heteroatoms. The smallest absolute Gasteiger partial charge is 0.230 e. The topological polar surface area (TPSA) is 71.2 Å². The molecule has 86 valence electrons. The Morgan fingerprint density at radius 2 is 2.00 bits per heavy atom. The second-order valence-electron chi connectivity index (χ2n) is 3.53. The third-order valence-corrected chi connectivity index (χ3v) is 2.11. The van der Waals surface area contributed by atoms with E-state index in [1.54, 1.807) is 6.92 Å². The first-order valence-corrected chi connectivity index (χ1v) is 5.43. The zero-order chi connectivity index (χ0) is 10.9. The minimum atomic E-state index is 0.300.